The second-order valence-electron chi connectivity index (χ2n) is 3.01. The first-order valence-electron chi connectivity index (χ1n) is 4.10. The monoisotopic (exact) mass is 489 g/mol. The summed E-state index contributed by atoms with van der Waals surface area (Å²) in [5.74, 6) is 0.875. The molecule has 0 aliphatic rings. The number of nitrogens with zero attached hydrogens (tertiary/aromatic N) is 3. The number of aryl methyl sites for hydroxylation is 1. The molecule has 0 bridgehead atoms. The molecule has 0 saturated carbocycles. The third-order valence-electron chi connectivity index (χ3n) is 1.85. The Morgan fingerprint density at radius 2 is 2.07 bits per heavy atom. The van der Waals surface area contributed by atoms with Crippen LogP contribution >= 0.6 is 61.1 Å². The van der Waals surface area contributed by atoms with E-state index in [0.29, 0.717) is 0 Å². The lowest BCUT2D eigenvalue weighted by Crippen LogP contribution is -2.00. The molecule has 0 atom stereocenters. The second kappa shape index (κ2) is 4.66. The zero-order valence-electron chi connectivity index (χ0n) is 7.71. The molecule has 0 fully saturated rings. The van der Waals surface area contributed by atoms with Gasteiger partial charge in [0.25, 0.3) is 0 Å². The fourth-order valence-corrected chi connectivity index (χ4v) is 2.69. The maximum atomic E-state index is 4.39. The van der Waals surface area contributed by atoms with Crippen LogP contribution in [0.5, 0.6) is 0 Å². The van der Waals surface area contributed by atoms with Gasteiger partial charge in [0.2, 0.25) is 0 Å². The smallest absolute Gasteiger partial charge is 0.153 e. The molecule has 0 N–H and O–H groups in total. The van der Waals surface area contributed by atoms with Crippen LogP contribution in [0.2, 0.25) is 0 Å². The highest BCUT2D eigenvalue weighted by Gasteiger charge is 2.10. The van der Waals surface area contributed by atoms with E-state index >= 15 is 0 Å². The predicted molar refractivity (Wildman–Crippen MR) is 79.2 cm³/mol. The van der Waals surface area contributed by atoms with Crippen LogP contribution in [0, 0.1) is 14.3 Å². The molecule has 2 aromatic heterocycles. The number of imidazole rings is 1. The van der Waals surface area contributed by atoms with Gasteiger partial charge in [0.05, 0.1) is 4.47 Å². The summed E-state index contributed by atoms with van der Waals surface area (Å²) in [5, 5.41) is 0. The van der Waals surface area contributed by atoms with E-state index in [1.165, 1.54) is 0 Å². The second-order valence-corrected chi connectivity index (χ2v) is 5.91. The topological polar surface area (TPSA) is 30.7 Å². The molecule has 2 rings (SSSR count). The van der Waals surface area contributed by atoms with E-state index < -0.39 is 0 Å². The summed E-state index contributed by atoms with van der Waals surface area (Å²) in [6.45, 7) is 2.02. The van der Waals surface area contributed by atoms with Gasteiger partial charge < -0.3 is 0 Å². The molecule has 0 spiro atoms. The van der Waals surface area contributed by atoms with Crippen molar-refractivity contribution in [2.24, 2.45) is 0 Å². The van der Waals surface area contributed by atoms with Crippen LogP contribution in [0.1, 0.15) is 5.56 Å². The lowest BCUT2D eigenvalue weighted by atomic mass is 10.3. The zero-order valence-corrected chi connectivity index (χ0v) is 13.6. The molecule has 78 valence electrons. The van der Waals surface area contributed by atoms with Crippen molar-refractivity contribution < 1.29 is 0 Å². The van der Waals surface area contributed by atoms with Crippen molar-refractivity contribution in [1.82, 2.24) is 14.5 Å². The average molecular weight is 490 g/mol. The molecule has 6 heteroatoms. The third kappa shape index (κ3) is 2.36. The summed E-state index contributed by atoms with van der Waals surface area (Å²) in [6.07, 6.45) is 3.63. The van der Waals surface area contributed by atoms with Gasteiger partial charge in [0, 0.05) is 6.20 Å². The maximum Gasteiger partial charge on any atom is 0.153 e. The summed E-state index contributed by atoms with van der Waals surface area (Å²) >= 11 is 7.98. The Labute approximate surface area is 123 Å². The highest BCUT2D eigenvalue weighted by molar-refractivity contribution is 14.1. The van der Waals surface area contributed by atoms with E-state index in [4.69, 9.17) is 0 Å². The van der Waals surface area contributed by atoms with Crippen molar-refractivity contribution in [1.29, 1.82) is 0 Å². The van der Waals surface area contributed by atoms with Gasteiger partial charge >= 0.3 is 0 Å². The van der Waals surface area contributed by atoms with Gasteiger partial charge in [-0.1, -0.05) is 0 Å². The van der Waals surface area contributed by atoms with Crippen molar-refractivity contribution in [2.45, 2.75) is 6.92 Å². The minimum Gasteiger partial charge on any atom is -0.276 e. The summed E-state index contributed by atoms with van der Waals surface area (Å²) in [5.41, 5.74) is 1.13. The first-order chi connectivity index (χ1) is 7.09. The average Bonchev–Trinajstić information content (AvgIpc) is 2.49. The molecule has 0 amide bonds. The Hall–Kier alpha value is 0.300. The van der Waals surface area contributed by atoms with Crippen LogP contribution in [0.25, 0.3) is 5.82 Å². The van der Waals surface area contributed by atoms with Gasteiger partial charge in [-0.15, -0.1) is 0 Å². The summed E-state index contributed by atoms with van der Waals surface area (Å²) < 4.78 is 5.01. The highest BCUT2D eigenvalue weighted by Crippen LogP contribution is 2.23. The molecule has 0 aliphatic heterocycles. The molecule has 15 heavy (non-hydrogen) atoms. The van der Waals surface area contributed by atoms with E-state index in [0.717, 1.165) is 23.3 Å². The lowest BCUT2D eigenvalue weighted by molar-refractivity contribution is 0.956. The first-order valence-corrected chi connectivity index (χ1v) is 7.05. The van der Waals surface area contributed by atoms with Crippen LogP contribution in [0.3, 0.4) is 0 Å². The number of hydrogen-bond acceptors (Lipinski definition) is 2. The zero-order chi connectivity index (χ0) is 11.0. The molecule has 0 radical (unpaired) electrons. The Kier molecular flexibility index (Phi) is 3.66. The molecular weight excluding hydrogens is 484 g/mol. The fourth-order valence-electron chi connectivity index (χ4n) is 1.16. The number of rotatable bonds is 1. The lowest BCUT2D eigenvalue weighted by Gasteiger charge is -2.06. The van der Waals surface area contributed by atoms with E-state index in [1.807, 2.05) is 23.8 Å². The fraction of sp³-hybridized carbons (Fsp3) is 0.111. The number of hydrogen-bond donors (Lipinski definition) is 0. The Morgan fingerprint density at radius 3 is 2.60 bits per heavy atom. The summed E-state index contributed by atoms with van der Waals surface area (Å²) in [7, 11) is 0. The minimum atomic E-state index is 0.875. The maximum absolute atomic E-state index is 4.39. The van der Waals surface area contributed by atoms with Crippen LogP contribution in [0.15, 0.2) is 23.1 Å². The van der Waals surface area contributed by atoms with Gasteiger partial charge in [-0.25, -0.2) is 9.97 Å². The number of halogens is 3. The van der Waals surface area contributed by atoms with Crippen LogP contribution in [0.4, 0.5) is 0 Å². The van der Waals surface area contributed by atoms with E-state index in [9.17, 15) is 0 Å². The third-order valence-corrected chi connectivity index (χ3v) is 5.29. The quantitative estimate of drug-likeness (QED) is 0.574. The normalized spacial score (nSPS) is 10.7. The molecule has 2 heterocycles. The molecule has 0 aromatic carbocycles. The van der Waals surface area contributed by atoms with Gasteiger partial charge in [-0.2, -0.15) is 0 Å². The molecular formula is C9H6BrI2N3. The van der Waals surface area contributed by atoms with Gasteiger partial charge in [0.1, 0.15) is 13.7 Å². The van der Waals surface area contributed by atoms with Crippen molar-refractivity contribution >= 4 is 61.1 Å². The van der Waals surface area contributed by atoms with Gasteiger partial charge in [-0.3, -0.25) is 4.57 Å². The standard InChI is InChI=1S/C9H6BrI2N3/c1-5-2-6(10)9(13-3-5)15-4-14-7(11)8(15)12/h2-4H,1H3. The molecule has 2 aromatic rings. The number of aromatic nitrogens is 3. The van der Waals surface area contributed by atoms with Crippen molar-refractivity contribution in [3.8, 4) is 5.82 Å². The van der Waals surface area contributed by atoms with Crippen molar-refractivity contribution in [2.75, 3.05) is 0 Å². The summed E-state index contributed by atoms with van der Waals surface area (Å²) in [4.78, 5) is 8.63. The highest BCUT2D eigenvalue weighted by atomic mass is 127. The molecule has 0 unspecified atom stereocenters. The Bertz CT molecular complexity index is 510. The Morgan fingerprint density at radius 1 is 1.33 bits per heavy atom. The van der Waals surface area contributed by atoms with Gasteiger partial charge in [0.15, 0.2) is 5.82 Å². The predicted octanol–water partition coefficient (Wildman–Crippen LogP) is 3.55. The Balaban J connectivity index is 2.59. The summed E-state index contributed by atoms with van der Waals surface area (Å²) in [6, 6.07) is 2.05. The van der Waals surface area contributed by atoms with Gasteiger partial charge in [-0.05, 0) is 79.7 Å². The van der Waals surface area contributed by atoms with Crippen LogP contribution < -0.4 is 0 Å². The van der Waals surface area contributed by atoms with Crippen LogP contribution in [-0.4, -0.2) is 14.5 Å². The van der Waals surface area contributed by atoms with E-state index in [-0.39, 0.29) is 0 Å². The van der Waals surface area contributed by atoms with E-state index in [1.54, 1.807) is 6.33 Å². The SMILES string of the molecule is Cc1cnc(-n2cnc(I)c2I)c(Br)c1. The van der Waals surface area contributed by atoms with Crippen LogP contribution in [-0.2, 0) is 0 Å². The molecule has 3 nitrogen and oxygen atoms in total. The first kappa shape index (κ1) is 11.8. The van der Waals surface area contributed by atoms with Crippen molar-refractivity contribution in [3.63, 3.8) is 0 Å². The molecule has 0 aliphatic carbocycles. The minimum absolute atomic E-state index is 0.875. The number of pyridine rings is 1. The molecule has 0 saturated heterocycles. The largest absolute Gasteiger partial charge is 0.276 e. The van der Waals surface area contributed by atoms with E-state index in [2.05, 4.69) is 71.1 Å². The van der Waals surface area contributed by atoms with Crippen molar-refractivity contribution in [3.05, 3.63) is 36.0 Å².